The number of rotatable bonds is 7. The van der Waals surface area contributed by atoms with Gasteiger partial charge in [-0.3, -0.25) is 0 Å². The number of hydrogen-bond acceptors (Lipinski definition) is 7. The van der Waals surface area contributed by atoms with Crippen LogP contribution < -0.4 is 0 Å². The summed E-state index contributed by atoms with van der Waals surface area (Å²) in [7, 11) is 1.70. The van der Waals surface area contributed by atoms with Crippen LogP contribution in [-0.2, 0) is 11.3 Å². The summed E-state index contributed by atoms with van der Waals surface area (Å²) in [6.07, 6.45) is 2.34. The van der Waals surface area contributed by atoms with E-state index in [1.807, 2.05) is 37.3 Å². The van der Waals surface area contributed by atoms with Crippen LogP contribution >= 0.6 is 23.4 Å². The van der Waals surface area contributed by atoms with Gasteiger partial charge in [-0.05, 0) is 55.4 Å². The Bertz CT molecular complexity index is 1090. The molecule has 0 N–H and O–H groups in total. The molecule has 0 aliphatic rings. The molecule has 0 saturated heterocycles. The first kappa shape index (κ1) is 18.9. The van der Waals surface area contributed by atoms with Gasteiger partial charge in [0.25, 0.3) is 5.78 Å². The fourth-order valence-corrected chi connectivity index (χ4v) is 3.94. The minimum atomic E-state index is 0.561. The van der Waals surface area contributed by atoms with E-state index >= 15 is 0 Å². The molecule has 0 amide bonds. The molecule has 0 bridgehead atoms. The Morgan fingerprint density at radius 3 is 2.79 bits per heavy atom. The van der Waals surface area contributed by atoms with E-state index in [-0.39, 0.29) is 0 Å². The fraction of sp³-hybridized carbons (Fsp3) is 0.278. The minimum Gasteiger partial charge on any atom is -0.385 e. The number of ether oxygens (including phenoxy) is 1. The maximum Gasteiger partial charge on any atom is 0.253 e. The molecule has 8 nitrogen and oxygen atoms in total. The second-order valence-electron chi connectivity index (χ2n) is 6.12. The quantitative estimate of drug-likeness (QED) is 0.337. The van der Waals surface area contributed by atoms with Gasteiger partial charge in [0, 0.05) is 36.5 Å². The summed E-state index contributed by atoms with van der Waals surface area (Å²) in [4.78, 5) is 8.57. The Morgan fingerprint density at radius 1 is 1.18 bits per heavy atom. The van der Waals surface area contributed by atoms with E-state index in [0.717, 1.165) is 40.2 Å². The van der Waals surface area contributed by atoms with Gasteiger partial charge < -0.3 is 9.30 Å². The number of halogens is 1. The fourth-order valence-electron chi connectivity index (χ4n) is 2.81. The summed E-state index contributed by atoms with van der Waals surface area (Å²) in [5.41, 5.74) is 1.82. The van der Waals surface area contributed by atoms with Crippen molar-refractivity contribution in [3.8, 4) is 11.4 Å². The highest BCUT2D eigenvalue weighted by atomic mass is 35.5. The molecule has 0 saturated carbocycles. The Kier molecular flexibility index (Phi) is 5.56. The predicted octanol–water partition coefficient (Wildman–Crippen LogP) is 3.53. The molecule has 0 aliphatic heterocycles. The highest BCUT2D eigenvalue weighted by Gasteiger charge is 2.17. The summed E-state index contributed by atoms with van der Waals surface area (Å²) < 4.78 is 9.00. The molecule has 28 heavy (non-hydrogen) atoms. The van der Waals surface area contributed by atoms with Gasteiger partial charge >= 0.3 is 0 Å². The van der Waals surface area contributed by atoms with Crippen LogP contribution in [0.5, 0.6) is 0 Å². The molecular formula is C18H18ClN7OS. The van der Waals surface area contributed by atoms with E-state index in [1.165, 1.54) is 18.1 Å². The molecule has 144 valence electrons. The smallest absolute Gasteiger partial charge is 0.253 e. The van der Waals surface area contributed by atoms with E-state index in [0.29, 0.717) is 17.4 Å². The molecule has 1 aromatic carbocycles. The highest BCUT2D eigenvalue weighted by Crippen LogP contribution is 2.30. The third-order valence-electron chi connectivity index (χ3n) is 4.09. The lowest BCUT2D eigenvalue weighted by molar-refractivity contribution is 0.189. The lowest BCUT2D eigenvalue weighted by Gasteiger charge is -2.10. The Hall–Kier alpha value is -2.49. The van der Waals surface area contributed by atoms with E-state index in [4.69, 9.17) is 16.3 Å². The molecule has 0 radical (unpaired) electrons. The molecular weight excluding hydrogens is 398 g/mol. The van der Waals surface area contributed by atoms with Gasteiger partial charge in [-0.25, -0.2) is 4.98 Å². The summed E-state index contributed by atoms with van der Waals surface area (Å²) in [5.74, 6) is 1.35. The van der Waals surface area contributed by atoms with Crippen LogP contribution in [0.2, 0.25) is 5.02 Å². The SMILES string of the molecule is COCCCn1c(Sc2cc(C)nc3ncnn23)nnc1-c1ccc(Cl)cc1. The molecule has 0 fully saturated rings. The molecule has 3 heterocycles. The van der Waals surface area contributed by atoms with Gasteiger partial charge in [0.05, 0.1) is 0 Å². The van der Waals surface area contributed by atoms with Crippen molar-refractivity contribution >= 4 is 29.1 Å². The van der Waals surface area contributed by atoms with E-state index in [9.17, 15) is 0 Å². The number of aromatic nitrogens is 7. The van der Waals surface area contributed by atoms with Crippen LogP contribution in [0.3, 0.4) is 0 Å². The van der Waals surface area contributed by atoms with Crippen molar-refractivity contribution in [2.45, 2.75) is 30.1 Å². The van der Waals surface area contributed by atoms with Gasteiger partial charge in [-0.15, -0.1) is 10.2 Å². The number of benzene rings is 1. The third kappa shape index (κ3) is 3.87. The standard InChI is InChI=1S/C18H18ClN7OS/c1-12-10-15(26-17(22-12)20-11-21-26)28-18-24-23-16(25(18)8-3-9-27-2)13-4-6-14(19)7-5-13/h4-7,10-11H,3,8-9H2,1-2H3. The Morgan fingerprint density at radius 2 is 2.00 bits per heavy atom. The van der Waals surface area contributed by atoms with Gasteiger partial charge in [-0.2, -0.15) is 14.6 Å². The van der Waals surface area contributed by atoms with E-state index < -0.39 is 0 Å². The molecule has 0 atom stereocenters. The lowest BCUT2D eigenvalue weighted by Crippen LogP contribution is -2.06. The van der Waals surface area contributed by atoms with Crippen LogP contribution in [0, 0.1) is 6.92 Å². The zero-order valence-corrected chi connectivity index (χ0v) is 17.0. The summed E-state index contributed by atoms with van der Waals surface area (Å²) in [5, 5.41) is 15.5. The van der Waals surface area contributed by atoms with Crippen molar-refractivity contribution < 1.29 is 4.74 Å². The zero-order valence-electron chi connectivity index (χ0n) is 15.4. The second-order valence-corrected chi connectivity index (χ2v) is 7.54. The number of fused-ring (bicyclic) bond motifs is 1. The molecule has 0 unspecified atom stereocenters. The largest absolute Gasteiger partial charge is 0.385 e. The lowest BCUT2D eigenvalue weighted by atomic mass is 10.2. The molecule has 10 heteroatoms. The van der Waals surface area contributed by atoms with Crippen molar-refractivity contribution in [1.82, 2.24) is 34.3 Å². The maximum absolute atomic E-state index is 6.03. The second kappa shape index (κ2) is 8.26. The summed E-state index contributed by atoms with van der Waals surface area (Å²) in [6.45, 7) is 3.32. The summed E-state index contributed by atoms with van der Waals surface area (Å²) >= 11 is 7.51. The topological polar surface area (TPSA) is 83.0 Å². The van der Waals surface area contributed by atoms with Crippen LogP contribution in [0.25, 0.3) is 17.2 Å². The zero-order chi connectivity index (χ0) is 19.5. The van der Waals surface area contributed by atoms with E-state index in [2.05, 4.69) is 29.8 Å². The molecule has 4 rings (SSSR count). The number of nitrogens with zero attached hydrogens (tertiary/aromatic N) is 7. The number of hydrogen-bond donors (Lipinski definition) is 0. The first-order chi connectivity index (χ1) is 13.7. The van der Waals surface area contributed by atoms with Crippen molar-refractivity contribution in [3.05, 3.63) is 47.4 Å². The third-order valence-corrected chi connectivity index (χ3v) is 5.33. The van der Waals surface area contributed by atoms with Crippen molar-refractivity contribution in [3.63, 3.8) is 0 Å². The van der Waals surface area contributed by atoms with Crippen LogP contribution in [0.4, 0.5) is 0 Å². The monoisotopic (exact) mass is 415 g/mol. The first-order valence-electron chi connectivity index (χ1n) is 8.69. The Labute approximate surface area is 170 Å². The summed E-state index contributed by atoms with van der Waals surface area (Å²) in [6, 6.07) is 9.55. The first-order valence-corrected chi connectivity index (χ1v) is 9.88. The van der Waals surface area contributed by atoms with Crippen molar-refractivity contribution in [1.29, 1.82) is 0 Å². The minimum absolute atomic E-state index is 0.561. The normalized spacial score (nSPS) is 11.4. The average Bonchev–Trinajstić information content (AvgIpc) is 3.30. The Balaban J connectivity index is 1.73. The molecule has 4 aromatic rings. The molecule has 0 spiro atoms. The van der Waals surface area contributed by atoms with E-state index in [1.54, 1.807) is 11.6 Å². The van der Waals surface area contributed by atoms with Crippen LogP contribution in [0.1, 0.15) is 12.1 Å². The van der Waals surface area contributed by atoms with Gasteiger partial charge in [-0.1, -0.05) is 11.6 Å². The van der Waals surface area contributed by atoms with Crippen molar-refractivity contribution in [2.24, 2.45) is 0 Å². The van der Waals surface area contributed by atoms with Gasteiger partial charge in [0.2, 0.25) is 0 Å². The van der Waals surface area contributed by atoms with Crippen LogP contribution in [-0.4, -0.2) is 48.1 Å². The predicted molar refractivity (Wildman–Crippen MR) is 107 cm³/mol. The van der Waals surface area contributed by atoms with Gasteiger partial charge in [0.15, 0.2) is 11.0 Å². The van der Waals surface area contributed by atoms with Crippen molar-refractivity contribution in [2.75, 3.05) is 13.7 Å². The number of aryl methyl sites for hydroxylation is 1. The number of methoxy groups -OCH3 is 1. The average molecular weight is 416 g/mol. The van der Waals surface area contributed by atoms with Crippen LogP contribution in [0.15, 0.2) is 46.8 Å². The molecule has 3 aromatic heterocycles. The molecule has 0 aliphatic carbocycles. The van der Waals surface area contributed by atoms with Gasteiger partial charge in [0.1, 0.15) is 11.4 Å². The maximum atomic E-state index is 6.03. The highest BCUT2D eigenvalue weighted by molar-refractivity contribution is 7.99.